The molecule has 2 N–H and O–H groups in total. The number of aromatic hydroxyl groups is 1. The number of hydrogen-bond donors (Lipinski definition) is 2. The molecule has 0 unspecified atom stereocenters. The summed E-state index contributed by atoms with van der Waals surface area (Å²) < 4.78 is 10.2. The van der Waals surface area contributed by atoms with Crippen molar-refractivity contribution >= 4 is 0 Å². The van der Waals surface area contributed by atoms with Gasteiger partial charge in [-0.3, -0.25) is 4.79 Å². The second kappa shape index (κ2) is 4.56. The Bertz CT molecular complexity index is 562. The Balaban J connectivity index is 2.28. The highest BCUT2D eigenvalue weighted by atomic mass is 16.5. The van der Waals surface area contributed by atoms with Crippen molar-refractivity contribution in [2.45, 2.75) is 0 Å². The second-order valence-electron chi connectivity index (χ2n) is 3.16. The van der Waals surface area contributed by atoms with Gasteiger partial charge in [0.15, 0.2) is 0 Å². The maximum absolute atomic E-state index is 11.4. The van der Waals surface area contributed by atoms with Crippen molar-refractivity contribution in [1.29, 1.82) is 0 Å². The average Bonchev–Trinajstić information content (AvgIpc) is 2.35. The number of benzene rings is 1. The van der Waals surface area contributed by atoms with E-state index in [0.29, 0.717) is 11.5 Å². The molecule has 0 spiro atoms. The van der Waals surface area contributed by atoms with Gasteiger partial charge in [0.25, 0.3) is 17.2 Å². The third-order valence-corrected chi connectivity index (χ3v) is 2.07. The lowest BCUT2D eigenvalue weighted by Crippen LogP contribution is -2.08. The smallest absolute Gasteiger partial charge is 0.297 e. The van der Waals surface area contributed by atoms with Crippen LogP contribution >= 0.6 is 0 Å². The van der Waals surface area contributed by atoms with E-state index in [1.54, 1.807) is 31.4 Å². The molecule has 6 heteroatoms. The molecule has 0 amide bonds. The standard InChI is InChI=1S/C11H10N2O4/c1-16-7-2-4-8(5-3-7)17-9-10(14)12-6-13-11(9)15/h2-6H,1H3,(H2,12,13,14,15). The number of aromatic nitrogens is 2. The van der Waals surface area contributed by atoms with Gasteiger partial charge in [-0.25, -0.2) is 4.98 Å². The summed E-state index contributed by atoms with van der Waals surface area (Å²) in [6, 6.07) is 6.59. The van der Waals surface area contributed by atoms with Gasteiger partial charge < -0.3 is 19.6 Å². The summed E-state index contributed by atoms with van der Waals surface area (Å²) in [6.45, 7) is 0. The van der Waals surface area contributed by atoms with Crippen molar-refractivity contribution in [3.8, 4) is 23.1 Å². The zero-order chi connectivity index (χ0) is 12.3. The Morgan fingerprint density at radius 2 is 1.88 bits per heavy atom. The van der Waals surface area contributed by atoms with Crippen molar-refractivity contribution in [3.63, 3.8) is 0 Å². The predicted molar refractivity (Wildman–Crippen MR) is 59.6 cm³/mol. The predicted octanol–water partition coefficient (Wildman–Crippen LogP) is 1.28. The monoisotopic (exact) mass is 234 g/mol. The van der Waals surface area contributed by atoms with Gasteiger partial charge in [-0.15, -0.1) is 0 Å². The van der Waals surface area contributed by atoms with Gasteiger partial charge in [0.1, 0.15) is 11.5 Å². The van der Waals surface area contributed by atoms with Crippen LogP contribution in [0.2, 0.25) is 0 Å². The number of nitrogens with zero attached hydrogens (tertiary/aromatic N) is 1. The van der Waals surface area contributed by atoms with Crippen LogP contribution in [0.4, 0.5) is 0 Å². The minimum absolute atomic E-state index is 0.238. The molecule has 0 bridgehead atoms. The third-order valence-electron chi connectivity index (χ3n) is 2.07. The molecule has 0 saturated heterocycles. The molecule has 1 aromatic carbocycles. The number of aromatic amines is 1. The highest BCUT2D eigenvalue weighted by Gasteiger charge is 2.09. The average molecular weight is 234 g/mol. The van der Waals surface area contributed by atoms with Crippen molar-refractivity contribution in [2.75, 3.05) is 7.11 Å². The lowest BCUT2D eigenvalue weighted by atomic mass is 10.3. The molecule has 0 aliphatic heterocycles. The molecule has 0 radical (unpaired) electrons. The minimum Gasteiger partial charge on any atom is -0.497 e. The van der Waals surface area contributed by atoms with E-state index in [9.17, 15) is 9.90 Å². The summed E-state index contributed by atoms with van der Waals surface area (Å²) in [5.41, 5.74) is -0.548. The Morgan fingerprint density at radius 1 is 1.24 bits per heavy atom. The van der Waals surface area contributed by atoms with Crippen LogP contribution in [0.5, 0.6) is 23.1 Å². The topological polar surface area (TPSA) is 84.4 Å². The van der Waals surface area contributed by atoms with E-state index >= 15 is 0 Å². The first-order valence-corrected chi connectivity index (χ1v) is 4.79. The first-order valence-electron chi connectivity index (χ1n) is 4.79. The van der Waals surface area contributed by atoms with Crippen molar-refractivity contribution in [3.05, 3.63) is 40.9 Å². The summed E-state index contributed by atoms with van der Waals surface area (Å²) in [4.78, 5) is 17.2. The zero-order valence-corrected chi connectivity index (χ0v) is 9.01. The number of rotatable bonds is 3. The Labute approximate surface area is 96.5 Å². The van der Waals surface area contributed by atoms with Gasteiger partial charge in [0, 0.05) is 0 Å². The molecule has 0 atom stereocenters. The van der Waals surface area contributed by atoms with Gasteiger partial charge in [0.2, 0.25) is 0 Å². The number of ether oxygens (including phenoxy) is 2. The summed E-state index contributed by atoms with van der Waals surface area (Å²) in [6.07, 6.45) is 1.10. The molecule has 88 valence electrons. The van der Waals surface area contributed by atoms with Gasteiger partial charge in [-0.2, -0.15) is 0 Å². The Morgan fingerprint density at radius 3 is 2.47 bits per heavy atom. The molecule has 0 fully saturated rings. The van der Waals surface area contributed by atoms with Crippen LogP contribution in [0.3, 0.4) is 0 Å². The zero-order valence-electron chi connectivity index (χ0n) is 9.01. The minimum atomic E-state index is -0.548. The van der Waals surface area contributed by atoms with E-state index < -0.39 is 11.4 Å². The molecular weight excluding hydrogens is 224 g/mol. The first-order chi connectivity index (χ1) is 8.20. The first kappa shape index (κ1) is 11.0. The second-order valence-corrected chi connectivity index (χ2v) is 3.16. The molecule has 17 heavy (non-hydrogen) atoms. The fourth-order valence-electron chi connectivity index (χ4n) is 1.23. The molecule has 1 aromatic heterocycles. The van der Waals surface area contributed by atoms with Crippen LogP contribution in [-0.4, -0.2) is 22.2 Å². The maximum Gasteiger partial charge on any atom is 0.297 e. The van der Waals surface area contributed by atoms with Gasteiger partial charge in [0.05, 0.1) is 13.4 Å². The molecular formula is C11H10N2O4. The quantitative estimate of drug-likeness (QED) is 0.835. The lowest BCUT2D eigenvalue weighted by Gasteiger charge is -2.06. The summed E-state index contributed by atoms with van der Waals surface area (Å²) in [5, 5.41) is 9.37. The molecule has 0 aliphatic carbocycles. The molecule has 2 aromatic rings. The molecule has 1 heterocycles. The van der Waals surface area contributed by atoms with Gasteiger partial charge in [-0.1, -0.05) is 0 Å². The van der Waals surface area contributed by atoms with Crippen LogP contribution in [0, 0.1) is 0 Å². The Kier molecular flexibility index (Phi) is 2.95. The Hall–Kier alpha value is -2.50. The largest absolute Gasteiger partial charge is 0.497 e. The van der Waals surface area contributed by atoms with Crippen LogP contribution in [0.1, 0.15) is 0 Å². The van der Waals surface area contributed by atoms with E-state index in [0.717, 1.165) is 6.33 Å². The molecule has 6 nitrogen and oxygen atoms in total. The molecule has 0 saturated carbocycles. The summed E-state index contributed by atoms with van der Waals surface area (Å²) >= 11 is 0. The van der Waals surface area contributed by atoms with E-state index in [2.05, 4.69) is 9.97 Å². The van der Waals surface area contributed by atoms with Gasteiger partial charge >= 0.3 is 0 Å². The highest BCUT2D eigenvalue weighted by molar-refractivity contribution is 5.37. The van der Waals surface area contributed by atoms with E-state index in [4.69, 9.17) is 9.47 Å². The maximum atomic E-state index is 11.4. The SMILES string of the molecule is COc1ccc(Oc2c(O)nc[nH]c2=O)cc1. The van der Waals surface area contributed by atoms with Crippen LogP contribution in [0.15, 0.2) is 35.4 Å². The van der Waals surface area contributed by atoms with Crippen molar-refractivity contribution in [1.82, 2.24) is 9.97 Å². The molecule has 0 aliphatic rings. The van der Waals surface area contributed by atoms with E-state index in [1.807, 2.05) is 0 Å². The highest BCUT2D eigenvalue weighted by Crippen LogP contribution is 2.25. The van der Waals surface area contributed by atoms with E-state index in [1.165, 1.54) is 0 Å². The van der Waals surface area contributed by atoms with Gasteiger partial charge in [-0.05, 0) is 24.3 Å². The normalized spacial score (nSPS) is 9.94. The van der Waals surface area contributed by atoms with Crippen LogP contribution in [-0.2, 0) is 0 Å². The summed E-state index contributed by atoms with van der Waals surface area (Å²) in [5.74, 6) is 0.378. The number of H-pyrrole nitrogens is 1. The lowest BCUT2D eigenvalue weighted by molar-refractivity contribution is 0.387. The summed E-state index contributed by atoms with van der Waals surface area (Å²) in [7, 11) is 1.55. The van der Waals surface area contributed by atoms with Crippen molar-refractivity contribution < 1.29 is 14.6 Å². The number of nitrogens with one attached hydrogen (secondary N) is 1. The van der Waals surface area contributed by atoms with Crippen molar-refractivity contribution in [2.24, 2.45) is 0 Å². The fourth-order valence-corrected chi connectivity index (χ4v) is 1.23. The van der Waals surface area contributed by atoms with E-state index in [-0.39, 0.29) is 5.75 Å². The molecule has 2 rings (SSSR count). The van der Waals surface area contributed by atoms with Crippen LogP contribution in [0.25, 0.3) is 0 Å². The van der Waals surface area contributed by atoms with Crippen LogP contribution < -0.4 is 15.0 Å². The fraction of sp³-hybridized carbons (Fsp3) is 0.0909. The number of hydrogen-bond acceptors (Lipinski definition) is 5. The third kappa shape index (κ3) is 2.36. The number of methoxy groups -OCH3 is 1.